The maximum Gasteiger partial charge on any atom is 0.0110 e. The quantitative estimate of drug-likeness (QED) is 0.0727. The van der Waals surface area contributed by atoms with Gasteiger partial charge in [0.2, 0.25) is 0 Å². The van der Waals surface area contributed by atoms with Crippen LogP contribution in [-0.2, 0) is 0 Å². The third kappa shape index (κ3) is 32.1. The molecule has 0 heterocycles. The topological polar surface area (TPSA) is 0 Å². The summed E-state index contributed by atoms with van der Waals surface area (Å²) in [6.07, 6.45) is 41.8. The Labute approximate surface area is 215 Å². The highest BCUT2D eigenvalue weighted by Gasteiger charge is 1.96. The molecule has 0 spiro atoms. The van der Waals surface area contributed by atoms with Gasteiger partial charge in [0.05, 0.1) is 0 Å². The van der Waals surface area contributed by atoms with Crippen LogP contribution in [-0.4, -0.2) is 11.5 Å². The van der Waals surface area contributed by atoms with E-state index in [0.29, 0.717) is 0 Å². The molecule has 33 heavy (non-hydrogen) atoms. The molecule has 0 aromatic carbocycles. The van der Waals surface area contributed by atoms with E-state index in [-0.39, 0.29) is 0 Å². The lowest BCUT2D eigenvalue weighted by molar-refractivity contribution is 0.515. The predicted octanol–water partition coefficient (Wildman–Crippen LogP) is 12.5. The summed E-state index contributed by atoms with van der Waals surface area (Å²) in [4.78, 5) is 0. The fourth-order valence-corrected chi connectivity index (χ4v) is 5.61. The van der Waals surface area contributed by atoms with Gasteiger partial charge in [-0.25, -0.2) is 0 Å². The van der Waals surface area contributed by atoms with Crippen LogP contribution in [0.25, 0.3) is 0 Å². The number of hydrogen-bond donors (Lipinski definition) is 0. The summed E-state index contributed by atoms with van der Waals surface area (Å²) in [7, 11) is 0. The fourth-order valence-electron chi connectivity index (χ4n) is 4.86. The summed E-state index contributed by atoms with van der Waals surface area (Å²) in [6, 6.07) is 0. The Morgan fingerprint density at radius 2 is 0.636 bits per heavy atom. The minimum Gasteiger partial charge on any atom is -0.158 e. The highest BCUT2D eigenvalue weighted by atomic mass is 32.2. The molecule has 0 saturated carbocycles. The van der Waals surface area contributed by atoms with Gasteiger partial charge < -0.3 is 0 Å². The van der Waals surface area contributed by atoms with Crippen molar-refractivity contribution in [2.45, 2.75) is 180 Å². The Morgan fingerprint density at radius 1 is 0.394 bits per heavy atom. The molecule has 0 bridgehead atoms. The van der Waals surface area contributed by atoms with Crippen LogP contribution in [0.15, 0.2) is 12.7 Å². The van der Waals surface area contributed by atoms with Gasteiger partial charge in [-0.15, -0.1) is 6.58 Å². The molecule has 0 saturated heterocycles. The van der Waals surface area contributed by atoms with Gasteiger partial charge in [0.1, 0.15) is 0 Å². The molecule has 198 valence electrons. The summed E-state index contributed by atoms with van der Waals surface area (Å²) in [5.74, 6) is 2.45. The Morgan fingerprint density at radius 3 is 0.879 bits per heavy atom. The van der Waals surface area contributed by atoms with E-state index >= 15 is 0 Å². The van der Waals surface area contributed by atoms with Crippen LogP contribution in [0.5, 0.6) is 0 Å². The van der Waals surface area contributed by atoms with E-state index in [4.69, 9.17) is 0 Å². The van der Waals surface area contributed by atoms with Crippen LogP contribution < -0.4 is 0 Å². The third-order valence-corrected chi connectivity index (χ3v) is 8.18. The summed E-state index contributed by atoms with van der Waals surface area (Å²) >= 11 is 2.03. The van der Waals surface area contributed by atoms with Crippen molar-refractivity contribution in [3.05, 3.63) is 12.7 Å². The normalized spacial score (nSPS) is 11.3. The van der Waals surface area contributed by atoms with Gasteiger partial charge in [-0.3, -0.25) is 0 Å². The molecule has 0 aliphatic rings. The van der Waals surface area contributed by atoms with Crippen LogP contribution in [0.3, 0.4) is 0 Å². The molecule has 0 fully saturated rings. The van der Waals surface area contributed by atoms with Crippen LogP contribution in [0.1, 0.15) is 180 Å². The molecule has 1 heteroatoms. The van der Waals surface area contributed by atoms with E-state index in [1.165, 1.54) is 179 Å². The van der Waals surface area contributed by atoms with Gasteiger partial charge in [-0.1, -0.05) is 180 Å². The van der Waals surface area contributed by atoms with Gasteiger partial charge in [0, 0.05) is 5.75 Å². The predicted molar refractivity (Wildman–Crippen MR) is 158 cm³/mol. The molecule has 0 aliphatic carbocycles. The number of rotatable bonds is 30. The minimum atomic E-state index is 1.12. The number of hydrogen-bond acceptors (Lipinski definition) is 1. The maximum absolute atomic E-state index is 3.78. The highest BCUT2D eigenvalue weighted by molar-refractivity contribution is 7.99. The largest absolute Gasteiger partial charge is 0.158 e. The van der Waals surface area contributed by atoms with E-state index < -0.39 is 0 Å². The second-order valence-electron chi connectivity index (χ2n) is 10.6. The van der Waals surface area contributed by atoms with Crippen LogP contribution in [0.2, 0.25) is 0 Å². The van der Waals surface area contributed by atoms with E-state index in [9.17, 15) is 0 Å². The first-order chi connectivity index (χ1) is 16.4. The van der Waals surface area contributed by atoms with Gasteiger partial charge in [0.25, 0.3) is 0 Å². The third-order valence-electron chi connectivity index (χ3n) is 7.13. The van der Waals surface area contributed by atoms with Gasteiger partial charge in [0.15, 0.2) is 0 Å². The molecule has 0 atom stereocenters. The molecule has 0 aromatic rings. The van der Waals surface area contributed by atoms with E-state index in [1.807, 2.05) is 17.8 Å². The van der Waals surface area contributed by atoms with Crippen molar-refractivity contribution < 1.29 is 0 Å². The monoisotopic (exact) mass is 480 g/mol. The Hall–Kier alpha value is 0.0900. The van der Waals surface area contributed by atoms with Gasteiger partial charge >= 0.3 is 0 Å². The first-order valence-electron chi connectivity index (χ1n) is 15.6. The average molecular weight is 481 g/mol. The molecule has 0 N–H and O–H groups in total. The molecular formula is C32H64S. The molecular weight excluding hydrogens is 416 g/mol. The second-order valence-corrected chi connectivity index (χ2v) is 11.7. The molecule has 0 rings (SSSR count). The molecule has 0 unspecified atom stereocenters. The average Bonchev–Trinajstić information content (AvgIpc) is 2.83. The second kappa shape index (κ2) is 32.1. The summed E-state index contributed by atoms with van der Waals surface area (Å²) in [6.45, 7) is 6.08. The zero-order chi connectivity index (χ0) is 23.9. The standard InChI is InChI=1S/C32H64S/c1-3-5-6-7-8-9-10-11-12-13-14-15-16-17-18-19-20-21-22-23-24-25-26-27-28-29-30-32-33-31-4-2/h4H,2-3,5-32H2,1H3. The molecule has 0 radical (unpaired) electrons. The highest BCUT2D eigenvalue weighted by Crippen LogP contribution is 2.16. The Bertz CT molecular complexity index is 337. The molecule has 0 aromatic heterocycles. The lowest BCUT2D eigenvalue weighted by atomic mass is 10.0. The van der Waals surface area contributed by atoms with Crippen molar-refractivity contribution >= 4 is 11.8 Å². The van der Waals surface area contributed by atoms with Gasteiger partial charge in [-0.05, 0) is 12.2 Å². The van der Waals surface area contributed by atoms with E-state index in [0.717, 1.165) is 5.75 Å². The van der Waals surface area contributed by atoms with Crippen molar-refractivity contribution in [3.8, 4) is 0 Å². The first kappa shape index (κ1) is 33.1. The fraction of sp³-hybridized carbons (Fsp3) is 0.938. The smallest absolute Gasteiger partial charge is 0.0110 e. The van der Waals surface area contributed by atoms with E-state index in [2.05, 4.69) is 13.5 Å². The van der Waals surface area contributed by atoms with Gasteiger partial charge in [-0.2, -0.15) is 11.8 Å². The lowest BCUT2D eigenvalue weighted by Gasteiger charge is -2.04. The number of thioether (sulfide) groups is 1. The summed E-state index contributed by atoms with van der Waals surface area (Å²) in [5, 5.41) is 0. The van der Waals surface area contributed by atoms with Crippen LogP contribution in [0.4, 0.5) is 0 Å². The number of unbranched alkanes of at least 4 members (excludes halogenated alkanes) is 26. The first-order valence-corrected chi connectivity index (χ1v) is 16.8. The van der Waals surface area contributed by atoms with Crippen molar-refractivity contribution in [1.82, 2.24) is 0 Å². The minimum absolute atomic E-state index is 1.12. The van der Waals surface area contributed by atoms with Crippen molar-refractivity contribution in [2.24, 2.45) is 0 Å². The van der Waals surface area contributed by atoms with Crippen LogP contribution in [0, 0.1) is 0 Å². The molecule has 0 amide bonds. The summed E-state index contributed by atoms with van der Waals surface area (Å²) in [5.41, 5.74) is 0. The lowest BCUT2D eigenvalue weighted by Crippen LogP contribution is -1.85. The SMILES string of the molecule is C=CCSCCCCCCCCCCCCCCCCCCCCCCCCCCCCC. The Balaban J connectivity index is 2.99. The van der Waals surface area contributed by atoms with E-state index in [1.54, 1.807) is 0 Å². The molecule has 0 nitrogen and oxygen atoms in total. The Kier molecular flexibility index (Phi) is 32.2. The van der Waals surface area contributed by atoms with Crippen molar-refractivity contribution in [2.75, 3.05) is 11.5 Å². The zero-order valence-corrected chi connectivity index (χ0v) is 24.0. The van der Waals surface area contributed by atoms with Crippen LogP contribution >= 0.6 is 11.8 Å². The zero-order valence-electron chi connectivity index (χ0n) is 23.2. The van der Waals surface area contributed by atoms with Crippen molar-refractivity contribution in [3.63, 3.8) is 0 Å². The van der Waals surface area contributed by atoms with Crippen molar-refractivity contribution in [1.29, 1.82) is 0 Å². The maximum atomic E-state index is 3.78. The molecule has 0 aliphatic heterocycles. The summed E-state index contributed by atoms with van der Waals surface area (Å²) < 4.78 is 0.